The number of hydrogen-bond acceptors (Lipinski definition) is 6. The molecule has 0 bridgehead atoms. The molecule has 0 amide bonds. The minimum absolute atomic E-state index is 0.0449. The van der Waals surface area contributed by atoms with Crippen molar-refractivity contribution in [3.05, 3.63) is 23.9 Å². The number of rotatable bonds is 13. The lowest BCUT2D eigenvalue weighted by Gasteiger charge is -2.17. The predicted octanol–water partition coefficient (Wildman–Crippen LogP) is 2.14. The monoisotopic (exact) mass is 338 g/mol. The Morgan fingerprint density at radius 2 is 1.92 bits per heavy atom. The van der Waals surface area contributed by atoms with Crippen LogP contribution in [0.15, 0.2) is 23.9 Å². The van der Waals surface area contributed by atoms with Gasteiger partial charge in [-0.3, -0.25) is 0 Å². The van der Waals surface area contributed by atoms with Crippen LogP contribution in [-0.2, 0) is 9.53 Å². The Balaban J connectivity index is 4.48. The highest BCUT2D eigenvalue weighted by Gasteiger charge is 2.13. The third-order valence-corrected chi connectivity index (χ3v) is 3.45. The number of carbonyl (C=O) groups excluding carboxylic acids is 1. The molecule has 24 heavy (non-hydrogen) atoms. The van der Waals surface area contributed by atoms with Gasteiger partial charge < -0.3 is 19.8 Å². The molecule has 0 saturated heterocycles. The molecular weight excluding hydrogens is 308 g/mol. The highest BCUT2D eigenvalue weighted by molar-refractivity contribution is 5.93. The lowest BCUT2D eigenvalue weighted by atomic mass is 10.1. The summed E-state index contributed by atoms with van der Waals surface area (Å²) in [7, 11) is 0. The first-order valence-corrected chi connectivity index (χ1v) is 8.54. The second-order valence-corrected chi connectivity index (χ2v) is 5.58. The molecule has 0 radical (unpaired) electrons. The minimum atomic E-state index is -0.624. The maximum Gasteiger partial charge on any atom is 0.349 e. The van der Waals surface area contributed by atoms with E-state index in [2.05, 4.69) is 6.92 Å². The van der Waals surface area contributed by atoms with E-state index < -0.39 is 5.97 Å². The van der Waals surface area contributed by atoms with Crippen molar-refractivity contribution < 1.29 is 19.7 Å². The average molecular weight is 338 g/mol. The van der Waals surface area contributed by atoms with Crippen LogP contribution in [0.25, 0.3) is 0 Å². The van der Waals surface area contributed by atoms with Crippen molar-refractivity contribution in [2.75, 3.05) is 26.3 Å². The molecule has 136 valence electrons. The van der Waals surface area contributed by atoms with E-state index in [0.29, 0.717) is 13.1 Å². The molecule has 0 aliphatic rings. The molecule has 0 aliphatic heterocycles. The molecule has 0 aromatic rings. The number of ether oxygens (including phenoxy) is 1. The highest BCUT2D eigenvalue weighted by Crippen LogP contribution is 2.10. The smallest absolute Gasteiger partial charge is 0.349 e. The van der Waals surface area contributed by atoms with E-state index in [0.717, 1.165) is 25.7 Å². The number of unbranched alkanes of at least 4 members (excludes halogenated alkanes) is 3. The van der Waals surface area contributed by atoms with Crippen LogP contribution in [0.4, 0.5) is 0 Å². The van der Waals surface area contributed by atoms with Crippen molar-refractivity contribution in [3.63, 3.8) is 0 Å². The van der Waals surface area contributed by atoms with E-state index >= 15 is 0 Å². The van der Waals surface area contributed by atoms with E-state index in [-0.39, 0.29) is 24.9 Å². The predicted molar refractivity (Wildman–Crippen MR) is 92.9 cm³/mol. The minimum Gasteiger partial charge on any atom is -0.459 e. The summed E-state index contributed by atoms with van der Waals surface area (Å²) in [4.78, 5) is 13.6. The van der Waals surface area contributed by atoms with Gasteiger partial charge in [0.15, 0.2) is 0 Å². The number of aliphatic hydroxyl groups excluding tert-OH is 2. The molecule has 2 N–H and O–H groups in total. The van der Waals surface area contributed by atoms with E-state index in [1.807, 2.05) is 13.0 Å². The molecule has 6 nitrogen and oxygen atoms in total. The molecule has 0 aromatic heterocycles. The molecule has 1 unspecified atom stereocenters. The lowest BCUT2D eigenvalue weighted by Crippen LogP contribution is -2.24. The zero-order chi connectivity index (χ0) is 18.2. The van der Waals surface area contributed by atoms with E-state index in [1.54, 1.807) is 11.1 Å². The standard InChI is InChI=1S/C18H30N2O4/c1-3-4-5-6-8-16(2)24-18(23)17(15-19)9-7-10-20(11-13-21)12-14-22/h7,9-10,16,21-22H,3-6,8,11-14H2,1-2H3. The maximum atomic E-state index is 12.0. The lowest BCUT2D eigenvalue weighted by molar-refractivity contribution is -0.143. The van der Waals surface area contributed by atoms with Gasteiger partial charge in [-0.15, -0.1) is 0 Å². The first-order chi connectivity index (χ1) is 11.6. The first-order valence-electron chi connectivity index (χ1n) is 8.54. The summed E-state index contributed by atoms with van der Waals surface area (Å²) in [6.45, 7) is 4.62. The topological polar surface area (TPSA) is 93.8 Å². The fraction of sp³-hybridized carbons (Fsp3) is 0.667. The van der Waals surface area contributed by atoms with Gasteiger partial charge in [-0.05, 0) is 38.1 Å². The van der Waals surface area contributed by atoms with Crippen LogP contribution in [0.3, 0.4) is 0 Å². The second kappa shape index (κ2) is 14.7. The van der Waals surface area contributed by atoms with Gasteiger partial charge in [-0.25, -0.2) is 4.79 Å². The quantitative estimate of drug-likeness (QED) is 0.176. The van der Waals surface area contributed by atoms with Crippen LogP contribution in [0.2, 0.25) is 0 Å². The van der Waals surface area contributed by atoms with Crippen LogP contribution in [0.1, 0.15) is 46.0 Å². The Kier molecular flexibility index (Phi) is 13.6. The van der Waals surface area contributed by atoms with E-state index in [1.165, 1.54) is 18.6 Å². The van der Waals surface area contributed by atoms with Gasteiger partial charge in [-0.2, -0.15) is 5.26 Å². The number of carbonyl (C=O) groups is 1. The van der Waals surface area contributed by atoms with Crippen LogP contribution >= 0.6 is 0 Å². The fourth-order valence-corrected chi connectivity index (χ4v) is 2.09. The zero-order valence-electron chi connectivity index (χ0n) is 14.8. The average Bonchev–Trinajstić information content (AvgIpc) is 2.55. The van der Waals surface area contributed by atoms with Crippen molar-refractivity contribution in [2.45, 2.75) is 52.1 Å². The van der Waals surface area contributed by atoms with Gasteiger partial charge in [0.1, 0.15) is 11.6 Å². The normalized spacial score (nSPS) is 12.9. The molecule has 0 rings (SSSR count). The number of nitrogens with zero attached hydrogens (tertiary/aromatic N) is 2. The van der Waals surface area contributed by atoms with E-state index in [4.69, 9.17) is 20.2 Å². The summed E-state index contributed by atoms with van der Waals surface area (Å²) in [5.41, 5.74) is -0.0698. The van der Waals surface area contributed by atoms with Crippen LogP contribution in [0, 0.1) is 11.3 Å². The first kappa shape index (κ1) is 22.2. The summed E-state index contributed by atoms with van der Waals surface area (Å²) in [5.74, 6) is -0.624. The van der Waals surface area contributed by atoms with E-state index in [9.17, 15) is 4.79 Å². The van der Waals surface area contributed by atoms with Gasteiger partial charge in [-0.1, -0.05) is 26.2 Å². The largest absolute Gasteiger partial charge is 0.459 e. The molecule has 0 saturated carbocycles. The SMILES string of the molecule is CCCCCCC(C)OC(=O)C(C#N)=CC=CN(CCO)CCO. The van der Waals surface area contributed by atoms with Crippen molar-refractivity contribution >= 4 is 5.97 Å². The molecule has 0 fully saturated rings. The van der Waals surface area contributed by atoms with Crippen molar-refractivity contribution in [1.82, 2.24) is 4.90 Å². The summed E-state index contributed by atoms with van der Waals surface area (Å²) in [6, 6.07) is 1.84. The maximum absolute atomic E-state index is 12.0. The number of esters is 1. The molecule has 0 aliphatic carbocycles. The zero-order valence-corrected chi connectivity index (χ0v) is 14.8. The number of allylic oxidation sites excluding steroid dienone is 2. The van der Waals surface area contributed by atoms with Gasteiger partial charge in [0, 0.05) is 13.1 Å². The summed E-state index contributed by atoms with van der Waals surface area (Å²) < 4.78 is 5.28. The van der Waals surface area contributed by atoms with Crippen molar-refractivity contribution in [1.29, 1.82) is 5.26 Å². The fourth-order valence-electron chi connectivity index (χ4n) is 2.09. The van der Waals surface area contributed by atoms with Gasteiger partial charge in [0.05, 0.1) is 19.3 Å². The van der Waals surface area contributed by atoms with Crippen LogP contribution in [0.5, 0.6) is 0 Å². The van der Waals surface area contributed by atoms with Crippen LogP contribution < -0.4 is 0 Å². The van der Waals surface area contributed by atoms with Crippen molar-refractivity contribution in [2.24, 2.45) is 0 Å². The molecule has 1 atom stereocenters. The van der Waals surface area contributed by atoms with Gasteiger partial charge >= 0.3 is 5.97 Å². The Morgan fingerprint density at radius 3 is 2.46 bits per heavy atom. The molecular formula is C18H30N2O4. The van der Waals surface area contributed by atoms with Crippen molar-refractivity contribution in [3.8, 4) is 6.07 Å². The molecule has 0 spiro atoms. The Hall–Kier alpha value is -1.84. The third kappa shape index (κ3) is 10.8. The Bertz CT molecular complexity index is 435. The van der Waals surface area contributed by atoms with Gasteiger partial charge in [0.25, 0.3) is 0 Å². The Labute approximate surface area is 145 Å². The van der Waals surface area contributed by atoms with Gasteiger partial charge in [0.2, 0.25) is 0 Å². The number of nitriles is 1. The number of aliphatic hydroxyl groups is 2. The third-order valence-electron chi connectivity index (χ3n) is 3.45. The number of hydrogen-bond donors (Lipinski definition) is 2. The molecule has 0 aromatic carbocycles. The molecule has 6 heteroatoms. The summed E-state index contributed by atoms with van der Waals surface area (Å²) in [6.07, 6.45) is 9.57. The summed E-state index contributed by atoms with van der Waals surface area (Å²) in [5, 5.41) is 26.9. The Morgan fingerprint density at radius 1 is 1.25 bits per heavy atom. The molecule has 0 heterocycles. The highest BCUT2D eigenvalue weighted by atomic mass is 16.5. The second-order valence-electron chi connectivity index (χ2n) is 5.58. The van der Waals surface area contributed by atoms with Crippen LogP contribution in [-0.4, -0.2) is 53.5 Å². The summed E-state index contributed by atoms with van der Waals surface area (Å²) >= 11 is 0.